The Morgan fingerprint density at radius 2 is 2.04 bits per heavy atom. The first-order valence-corrected chi connectivity index (χ1v) is 10.9. The highest BCUT2D eigenvalue weighted by atomic mass is 16.6. The fraction of sp³-hybridized carbons (Fsp3) is 0.583. The average molecular weight is 380 g/mol. The molecular weight excluding hydrogens is 352 g/mol. The molecule has 0 aromatic carbocycles. The van der Waals surface area contributed by atoms with Crippen LogP contribution < -0.4 is 0 Å². The van der Waals surface area contributed by atoms with Crippen LogP contribution in [0.15, 0.2) is 46.3 Å². The lowest BCUT2D eigenvalue weighted by molar-refractivity contribution is -0.197. The monoisotopic (exact) mass is 380 g/mol. The first kappa shape index (κ1) is 18.0. The fourth-order valence-corrected chi connectivity index (χ4v) is 6.39. The van der Waals surface area contributed by atoms with E-state index in [0.717, 1.165) is 79.4 Å². The van der Waals surface area contributed by atoms with Crippen molar-refractivity contribution in [1.82, 2.24) is 0 Å². The molecule has 4 atom stereocenters. The zero-order valence-electron chi connectivity index (χ0n) is 16.8. The average Bonchev–Trinajstić information content (AvgIpc) is 3.19. The number of carbonyl (C=O) groups excluding carboxylic acids is 2. The van der Waals surface area contributed by atoms with E-state index >= 15 is 0 Å². The second-order valence-corrected chi connectivity index (χ2v) is 8.73. The maximum atomic E-state index is 12.9. The van der Waals surface area contributed by atoms with Gasteiger partial charge in [-0.15, -0.1) is 0 Å². The van der Waals surface area contributed by atoms with Crippen molar-refractivity contribution in [2.24, 2.45) is 17.8 Å². The highest BCUT2D eigenvalue weighted by Gasteiger charge is 2.71. The van der Waals surface area contributed by atoms with E-state index in [4.69, 9.17) is 9.47 Å². The van der Waals surface area contributed by atoms with E-state index in [1.807, 2.05) is 6.08 Å². The summed E-state index contributed by atoms with van der Waals surface area (Å²) >= 11 is 0. The summed E-state index contributed by atoms with van der Waals surface area (Å²) in [5.41, 5.74) is 3.16. The molecule has 148 valence electrons. The number of fused-ring (bicyclic) bond motifs is 4. The predicted molar refractivity (Wildman–Crippen MR) is 105 cm³/mol. The molecule has 2 aliphatic heterocycles. The molecule has 0 aromatic rings. The molecule has 0 bridgehead atoms. The van der Waals surface area contributed by atoms with Crippen molar-refractivity contribution in [2.75, 3.05) is 0 Å². The van der Waals surface area contributed by atoms with Crippen LogP contribution in [0.5, 0.6) is 0 Å². The minimum atomic E-state index is -0.613. The standard InChI is InChI=1S/C24H28O4/c1-3-5-11-19-16-13-12-14-17(8-4-2)24(21(14)20(16)23(26)27-19)18-10-7-6-9-15(18)22(25)28-24/h6,9,11,14,17,21H,3-5,7-8,10,12-13H2,1-2H3/b19-11-/t14-,17+,21+,24+/m1/s1. The predicted octanol–water partition coefficient (Wildman–Crippen LogP) is 4.92. The molecule has 5 aliphatic rings. The zero-order chi connectivity index (χ0) is 19.5. The summed E-state index contributed by atoms with van der Waals surface area (Å²) < 4.78 is 11.9. The molecule has 28 heavy (non-hydrogen) atoms. The summed E-state index contributed by atoms with van der Waals surface area (Å²) in [6.07, 6.45) is 13.8. The Morgan fingerprint density at radius 3 is 2.82 bits per heavy atom. The van der Waals surface area contributed by atoms with Gasteiger partial charge in [-0.25, -0.2) is 9.59 Å². The normalized spacial score (nSPS) is 37.1. The molecule has 0 aromatic heterocycles. The SMILES string of the molecule is CCC/C=C1\OC(=O)C2=C1CC[C@H]1[C@@H]2[C@]2(OC(=O)C3=C2CCC=C3)[C@H]1CCC. The molecule has 5 rings (SSSR count). The molecule has 0 radical (unpaired) electrons. The Morgan fingerprint density at radius 1 is 1.18 bits per heavy atom. The van der Waals surface area contributed by atoms with Crippen LogP contribution >= 0.6 is 0 Å². The number of hydrogen-bond donors (Lipinski definition) is 0. The number of allylic oxidation sites excluding steroid dienone is 3. The van der Waals surface area contributed by atoms with Crippen LogP contribution in [-0.2, 0) is 19.1 Å². The van der Waals surface area contributed by atoms with E-state index in [9.17, 15) is 9.59 Å². The van der Waals surface area contributed by atoms with Gasteiger partial charge in [-0.05, 0) is 56.1 Å². The lowest BCUT2D eigenvalue weighted by atomic mass is 9.44. The van der Waals surface area contributed by atoms with Crippen LogP contribution in [0.2, 0.25) is 0 Å². The molecule has 0 N–H and O–H groups in total. The van der Waals surface area contributed by atoms with Crippen molar-refractivity contribution >= 4 is 11.9 Å². The molecule has 1 fully saturated rings. The van der Waals surface area contributed by atoms with Gasteiger partial charge in [-0.2, -0.15) is 0 Å². The van der Waals surface area contributed by atoms with E-state index in [-0.39, 0.29) is 17.9 Å². The molecule has 1 saturated carbocycles. The first-order valence-electron chi connectivity index (χ1n) is 10.9. The van der Waals surface area contributed by atoms with Crippen molar-refractivity contribution in [2.45, 2.75) is 70.8 Å². The first-order chi connectivity index (χ1) is 13.6. The minimum absolute atomic E-state index is 0.0317. The number of ether oxygens (including phenoxy) is 2. The van der Waals surface area contributed by atoms with E-state index in [1.54, 1.807) is 0 Å². The van der Waals surface area contributed by atoms with Crippen LogP contribution in [0.3, 0.4) is 0 Å². The van der Waals surface area contributed by atoms with Gasteiger partial charge in [-0.3, -0.25) is 0 Å². The molecule has 0 saturated heterocycles. The lowest BCUT2D eigenvalue weighted by Gasteiger charge is -2.61. The van der Waals surface area contributed by atoms with E-state index < -0.39 is 5.60 Å². The Balaban J connectivity index is 1.63. The smallest absolute Gasteiger partial charge is 0.340 e. The summed E-state index contributed by atoms with van der Waals surface area (Å²) in [4.78, 5) is 25.7. The van der Waals surface area contributed by atoms with Crippen LogP contribution in [-0.4, -0.2) is 17.5 Å². The largest absolute Gasteiger partial charge is 0.450 e. The third kappa shape index (κ3) is 2.18. The molecule has 4 nitrogen and oxygen atoms in total. The summed E-state index contributed by atoms with van der Waals surface area (Å²) in [5.74, 6) is 1.04. The van der Waals surface area contributed by atoms with Gasteiger partial charge in [-0.1, -0.05) is 38.8 Å². The Hall–Kier alpha value is -2.10. The second-order valence-electron chi connectivity index (χ2n) is 8.73. The van der Waals surface area contributed by atoms with Crippen LogP contribution in [0.25, 0.3) is 0 Å². The van der Waals surface area contributed by atoms with Gasteiger partial charge in [0.15, 0.2) is 0 Å². The lowest BCUT2D eigenvalue weighted by Crippen LogP contribution is -2.65. The van der Waals surface area contributed by atoms with Gasteiger partial charge < -0.3 is 9.47 Å². The fourth-order valence-electron chi connectivity index (χ4n) is 6.39. The third-order valence-electron chi connectivity index (χ3n) is 7.38. The summed E-state index contributed by atoms with van der Waals surface area (Å²) in [6, 6.07) is 0. The number of esters is 2. The van der Waals surface area contributed by atoms with Crippen molar-refractivity contribution in [3.05, 3.63) is 46.3 Å². The van der Waals surface area contributed by atoms with E-state index in [1.165, 1.54) is 0 Å². The van der Waals surface area contributed by atoms with Gasteiger partial charge in [0.05, 0.1) is 11.1 Å². The molecule has 3 aliphatic carbocycles. The number of hydrogen-bond acceptors (Lipinski definition) is 4. The number of carbonyl (C=O) groups is 2. The van der Waals surface area contributed by atoms with Crippen molar-refractivity contribution in [1.29, 1.82) is 0 Å². The van der Waals surface area contributed by atoms with Crippen LogP contribution in [0, 0.1) is 17.8 Å². The quantitative estimate of drug-likeness (QED) is 0.650. The number of cyclic esters (lactones) is 1. The highest BCUT2D eigenvalue weighted by Crippen LogP contribution is 2.68. The molecular formula is C24H28O4. The van der Waals surface area contributed by atoms with Crippen molar-refractivity contribution in [3.63, 3.8) is 0 Å². The number of rotatable bonds is 4. The summed E-state index contributed by atoms with van der Waals surface area (Å²) in [5, 5.41) is 0. The third-order valence-corrected chi connectivity index (χ3v) is 7.38. The maximum Gasteiger partial charge on any atom is 0.340 e. The molecule has 4 heteroatoms. The van der Waals surface area contributed by atoms with Crippen molar-refractivity contribution in [3.8, 4) is 0 Å². The van der Waals surface area contributed by atoms with Gasteiger partial charge in [0.25, 0.3) is 0 Å². The van der Waals surface area contributed by atoms with Crippen molar-refractivity contribution < 1.29 is 19.1 Å². The number of unbranched alkanes of at least 4 members (excludes halogenated alkanes) is 1. The molecule has 1 spiro atoms. The zero-order valence-corrected chi connectivity index (χ0v) is 16.8. The van der Waals surface area contributed by atoms with Crippen LogP contribution in [0.4, 0.5) is 0 Å². The molecule has 0 unspecified atom stereocenters. The van der Waals surface area contributed by atoms with E-state index in [0.29, 0.717) is 11.8 Å². The summed E-state index contributed by atoms with van der Waals surface area (Å²) in [7, 11) is 0. The second kappa shape index (κ2) is 6.47. The molecule has 0 amide bonds. The van der Waals surface area contributed by atoms with Gasteiger partial charge >= 0.3 is 11.9 Å². The Labute approximate surface area is 166 Å². The van der Waals surface area contributed by atoms with Gasteiger partial charge in [0.2, 0.25) is 0 Å². The minimum Gasteiger partial charge on any atom is -0.450 e. The highest BCUT2D eigenvalue weighted by molar-refractivity contribution is 5.99. The van der Waals surface area contributed by atoms with Crippen LogP contribution in [0.1, 0.15) is 65.2 Å². The topological polar surface area (TPSA) is 52.6 Å². The van der Waals surface area contributed by atoms with Gasteiger partial charge in [0.1, 0.15) is 11.4 Å². The Bertz CT molecular complexity index is 871. The maximum absolute atomic E-state index is 12.9. The molecule has 2 heterocycles. The van der Waals surface area contributed by atoms with E-state index in [2.05, 4.69) is 26.0 Å². The Kier molecular flexibility index (Phi) is 4.15. The summed E-state index contributed by atoms with van der Waals surface area (Å²) in [6.45, 7) is 4.32. The van der Waals surface area contributed by atoms with Gasteiger partial charge in [0, 0.05) is 17.4 Å².